The van der Waals surface area contributed by atoms with Gasteiger partial charge in [-0.15, -0.1) is 0 Å². The lowest BCUT2D eigenvalue weighted by Gasteiger charge is -2.11. The zero-order chi connectivity index (χ0) is 15.9. The van der Waals surface area contributed by atoms with Crippen LogP contribution in [0.3, 0.4) is 0 Å². The van der Waals surface area contributed by atoms with Gasteiger partial charge in [-0.05, 0) is 34.7 Å². The van der Waals surface area contributed by atoms with Crippen molar-refractivity contribution in [1.29, 1.82) is 0 Å². The molecule has 0 saturated carbocycles. The molecule has 0 bridgehead atoms. The van der Waals surface area contributed by atoms with Gasteiger partial charge in [0, 0.05) is 17.8 Å². The van der Waals surface area contributed by atoms with Crippen LogP contribution in [-0.4, -0.2) is 27.3 Å². The molecule has 0 aliphatic rings. The number of pyridine rings is 2. The van der Waals surface area contributed by atoms with E-state index in [4.69, 9.17) is 4.74 Å². The fourth-order valence-corrected chi connectivity index (χ4v) is 2.63. The summed E-state index contributed by atoms with van der Waals surface area (Å²) < 4.78 is 45.3. The minimum Gasteiger partial charge on any atom is -0.496 e. The van der Waals surface area contributed by atoms with Crippen LogP contribution in [0.25, 0.3) is 22.2 Å². The lowest BCUT2D eigenvalue weighted by atomic mass is 10.1. The number of aromatic nitrogens is 4. The molecule has 0 aromatic carbocycles. The summed E-state index contributed by atoms with van der Waals surface area (Å²) in [5, 5.41) is 6.56. The molecule has 1 N–H and O–H groups in total. The Bertz CT molecular complexity index is 847. The van der Waals surface area contributed by atoms with E-state index in [9.17, 15) is 13.2 Å². The van der Waals surface area contributed by atoms with Gasteiger partial charge in [0.05, 0.1) is 23.9 Å². The molecular weight excluding hydrogens is 412 g/mol. The molecule has 5 nitrogen and oxygen atoms in total. The van der Waals surface area contributed by atoms with Crippen molar-refractivity contribution < 1.29 is 17.9 Å². The maximum absolute atomic E-state index is 13.2. The Morgan fingerprint density at radius 3 is 2.77 bits per heavy atom. The van der Waals surface area contributed by atoms with Crippen LogP contribution >= 0.6 is 22.6 Å². The van der Waals surface area contributed by atoms with Gasteiger partial charge in [0.1, 0.15) is 9.45 Å². The number of fused-ring (bicyclic) bond motifs is 1. The molecule has 9 heteroatoms. The number of hydrogen-bond acceptors (Lipinski definition) is 4. The number of H-pyrrole nitrogens is 1. The third kappa shape index (κ3) is 2.49. The monoisotopic (exact) mass is 420 g/mol. The SMILES string of the molecule is COc1ccncc1-c1cc2c(I)n[nH]c2c(C(F)(F)F)n1. The fourth-order valence-electron chi connectivity index (χ4n) is 2.08. The number of nitrogens with one attached hydrogen (secondary N) is 1. The van der Waals surface area contributed by atoms with Gasteiger partial charge in [-0.2, -0.15) is 18.3 Å². The zero-order valence-electron chi connectivity index (χ0n) is 11.1. The van der Waals surface area contributed by atoms with Crippen LogP contribution in [0.5, 0.6) is 5.75 Å². The summed E-state index contributed by atoms with van der Waals surface area (Å²) in [6, 6.07) is 3.10. The summed E-state index contributed by atoms with van der Waals surface area (Å²) in [6.45, 7) is 0. The van der Waals surface area contributed by atoms with Crippen molar-refractivity contribution >= 4 is 33.5 Å². The second-order valence-corrected chi connectivity index (χ2v) is 5.39. The van der Waals surface area contributed by atoms with Gasteiger partial charge >= 0.3 is 6.18 Å². The van der Waals surface area contributed by atoms with Gasteiger partial charge in [-0.1, -0.05) is 0 Å². The average Bonchev–Trinajstić information content (AvgIpc) is 2.87. The van der Waals surface area contributed by atoms with Crippen molar-refractivity contribution in [3.8, 4) is 17.0 Å². The van der Waals surface area contributed by atoms with Gasteiger partial charge in [0.25, 0.3) is 0 Å². The molecule has 3 rings (SSSR count). The standard InChI is InChI=1S/C13H8F3IN4O/c1-22-9-2-3-18-5-7(9)8-4-6-10(20-21-12(6)17)11(19-8)13(14,15)16/h2-5H,1H3,(H,20,21). The van der Waals surface area contributed by atoms with Crippen molar-refractivity contribution in [3.05, 3.63) is 33.9 Å². The lowest BCUT2D eigenvalue weighted by Crippen LogP contribution is -2.10. The molecule has 3 aromatic heterocycles. The van der Waals surface area contributed by atoms with Gasteiger partial charge in [0.15, 0.2) is 5.69 Å². The van der Waals surface area contributed by atoms with Crippen LogP contribution in [0, 0.1) is 3.70 Å². The summed E-state index contributed by atoms with van der Waals surface area (Å²) >= 11 is 1.87. The van der Waals surface area contributed by atoms with E-state index in [1.807, 2.05) is 22.6 Å². The second kappa shape index (κ2) is 5.38. The molecule has 0 aliphatic carbocycles. The van der Waals surface area contributed by atoms with Crippen LogP contribution in [0.4, 0.5) is 13.2 Å². The zero-order valence-corrected chi connectivity index (χ0v) is 13.2. The third-order valence-corrected chi connectivity index (χ3v) is 3.88. The summed E-state index contributed by atoms with van der Waals surface area (Å²) in [5.41, 5.74) is -0.636. The molecule has 3 heterocycles. The highest BCUT2D eigenvalue weighted by atomic mass is 127. The Labute approximate surface area is 136 Å². The molecular formula is C13H8F3IN4O. The van der Waals surface area contributed by atoms with Crippen LogP contribution in [-0.2, 0) is 6.18 Å². The van der Waals surface area contributed by atoms with E-state index >= 15 is 0 Å². The first-order valence-corrected chi connectivity index (χ1v) is 7.10. The molecule has 0 saturated heterocycles. The Morgan fingerprint density at radius 1 is 1.32 bits per heavy atom. The van der Waals surface area contributed by atoms with E-state index in [-0.39, 0.29) is 11.2 Å². The van der Waals surface area contributed by atoms with Crippen molar-refractivity contribution in [2.24, 2.45) is 0 Å². The molecule has 0 atom stereocenters. The Morgan fingerprint density at radius 2 is 2.09 bits per heavy atom. The van der Waals surface area contributed by atoms with Crippen molar-refractivity contribution in [2.75, 3.05) is 7.11 Å². The number of hydrogen-bond donors (Lipinski definition) is 1. The molecule has 0 unspecified atom stereocenters. The number of ether oxygens (including phenoxy) is 1. The number of rotatable bonds is 2. The third-order valence-electron chi connectivity index (χ3n) is 3.05. The molecule has 22 heavy (non-hydrogen) atoms. The highest BCUT2D eigenvalue weighted by Gasteiger charge is 2.36. The predicted octanol–water partition coefficient (Wildman–Crippen LogP) is 3.65. The van der Waals surface area contributed by atoms with E-state index in [0.717, 1.165) is 0 Å². The number of alkyl halides is 3. The van der Waals surface area contributed by atoms with E-state index in [1.165, 1.54) is 25.6 Å². The minimum atomic E-state index is -4.60. The van der Waals surface area contributed by atoms with E-state index in [2.05, 4.69) is 20.2 Å². The lowest BCUT2D eigenvalue weighted by molar-refractivity contribution is -0.139. The maximum Gasteiger partial charge on any atom is 0.435 e. The molecule has 0 amide bonds. The highest BCUT2D eigenvalue weighted by Crippen LogP contribution is 2.37. The summed E-state index contributed by atoms with van der Waals surface area (Å²) in [5.74, 6) is 0.397. The largest absolute Gasteiger partial charge is 0.496 e. The number of aromatic amines is 1. The van der Waals surface area contributed by atoms with Crippen LogP contribution in [0.2, 0.25) is 0 Å². The molecule has 0 aliphatic heterocycles. The Hall–Kier alpha value is -1.91. The highest BCUT2D eigenvalue weighted by molar-refractivity contribution is 14.1. The summed E-state index contributed by atoms with van der Waals surface area (Å²) in [6.07, 6.45) is -1.69. The maximum atomic E-state index is 13.2. The normalized spacial score (nSPS) is 11.9. The van der Waals surface area contributed by atoms with Crippen LogP contribution in [0.15, 0.2) is 24.5 Å². The fraction of sp³-hybridized carbons (Fsp3) is 0.154. The Kier molecular flexibility index (Phi) is 3.67. The van der Waals surface area contributed by atoms with Gasteiger partial charge < -0.3 is 4.74 Å². The molecule has 0 radical (unpaired) electrons. The van der Waals surface area contributed by atoms with Gasteiger partial charge in [-0.3, -0.25) is 10.1 Å². The smallest absolute Gasteiger partial charge is 0.435 e. The molecule has 0 fully saturated rings. The molecule has 3 aromatic rings. The van der Waals surface area contributed by atoms with E-state index in [1.54, 1.807) is 6.07 Å². The van der Waals surface area contributed by atoms with Crippen LogP contribution in [0.1, 0.15) is 5.69 Å². The summed E-state index contributed by atoms with van der Waals surface area (Å²) in [7, 11) is 1.43. The Balaban J connectivity index is 2.34. The average molecular weight is 420 g/mol. The van der Waals surface area contributed by atoms with Gasteiger partial charge in [-0.25, -0.2) is 4.98 Å². The predicted molar refractivity (Wildman–Crippen MR) is 81.4 cm³/mol. The van der Waals surface area contributed by atoms with Crippen molar-refractivity contribution in [1.82, 2.24) is 20.2 Å². The number of halogens is 4. The second-order valence-electron chi connectivity index (χ2n) is 4.37. The quantitative estimate of drug-likeness (QED) is 0.644. The van der Waals surface area contributed by atoms with Crippen molar-refractivity contribution in [3.63, 3.8) is 0 Å². The molecule has 114 valence electrons. The number of nitrogens with zero attached hydrogens (tertiary/aromatic N) is 3. The van der Waals surface area contributed by atoms with E-state index in [0.29, 0.717) is 20.4 Å². The summed E-state index contributed by atoms with van der Waals surface area (Å²) in [4.78, 5) is 7.67. The van der Waals surface area contributed by atoms with Gasteiger partial charge in [0.2, 0.25) is 0 Å². The van der Waals surface area contributed by atoms with E-state index < -0.39 is 11.9 Å². The topological polar surface area (TPSA) is 63.7 Å². The molecule has 0 spiro atoms. The first kappa shape index (κ1) is 15.0. The number of methoxy groups -OCH3 is 1. The van der Waals surface area contributed by atoms with Crippen LogP contribution < -0.4 is 4.74 Å². The minimum absolute atomic E-state index is 0.129. The first-order valence-electron chi connectivity index (χ1n) is 6.02. The van der Waals surface area contributed by atoms with Crippen molar-refractivity contribution in [2.45, 2.75) is 6.18 Å². The first-order chi connectivity index (χ1) is 10.4.